The molecule has 0 aromatic rings. The average Bonchev–Trinajstić information content (AvgIpc) is 2.18. The highest BCUT2D eigenvalue weighted by Gasteiger charge is 2.22. The number of nitrogens with one attached hydrogen (secondary N) is 1. The topological polar surface area (TPSA) is 21.3 Å². The smallest absolute Gasteiger partial charge is 0.138 e. The van der Waals surface area contributed by atoms with Gasteiger partial charge in [0, 0.05) is 13.2 Å². The first kappa shape index (κ1) is 8.94. The minimum Gasteiger partial charge on any atom is -0.375 e. The molecule has 0 saturated carbocycles. The van der Waals surface area contributed by atoms with Gasteiger partial charge in [-0.1, -0.05) is 0 Å². The summed E-state index contributed by atoms with van der Waals surface area (Å²) in [6, 6.07) is 0. The zero-order valence-electron chi connectivity index (χ0n) is 6.98. The van der Waals surface area contributed by atoms with Crippen LogP contribution in [0.25, 0.3) is 0 Å². The molecule has 1 heterocycles. The maximum absolute atomic E-state index is 13.1. The zero-order valence-corrected chi connectivity index (χ0v) is 6.98. The number of hydrogen-bond donors (Lipinski definition) is 1. The molecule has 1 aliphatic rings. The van der Waals surface area contributed by atoms with Crippen molar-refractivity contribution in [3.8, 4) is 0 Å². The Hall–Kier alpha value is -0.150. The van der Waals surface area contributed by atoms with E-state index in [1.807, 2.05) is 6.92 Å². The highest BCUT2D eigenvalue weighted by atomic mass is 19.1. The van der Waals surface area contributed by atoms with Crippen molar-refractivity contribution in [1.82, 2.24) is 5.32 Å². The molecule has 0 bridgehead atoms. The number of rotatable bonds is 2. The van der Waals surface area contributed by atoms with Crippen LogP contribution in [0, 0.1) is 0 Å². The number of alkyl halides is 1. The largest absolute Gasteiger partial charge is 0.375 e. The summed E-state index contributed by atoms with van der Waals surface area (Å²) in [6.45, 7) is 3.89. The lowest BCUT2D eigenvalue weighted by molar-refractivity contribution is 0.00500. The van der Waals surface area contributed by atoms with Gasteiger partial charge in [0.15, 0.2) is 0 Å². The van der Waals surface area contributed by atoms with E-state index in [0.717, 1.165) is 19.4 Å². The van der Waals surface area contributed by atoms with Crippen LogP contribution in [0.5, 0.6) is 0 Å². The quantitative estimate of drug-likeness (QED) is 0.655. The Morgan fingerprint density at radius 2 is 2.45 bits per heavy atom. The molecule has 2 atom stereocenters. The fraction of sp³-hybridized carbons (Fsp3) is 1.00. The third kappa shape index (κ3) is 2.75. The monoisotopic (exact) mass is 161 g/mol. The van der Waals surface area contributed by atoms with E-state index in [2.05, 4.69) is 5.32 Å². The summed E-state index contributed by atoms with van der Waals surface area (Å²) in [4.78, 5) is 0. The van der Waals surface area contributed by atoms with Gasteiger partial charge in [-0.3, -0.25) is 0 Å². The highest BCUT2D eigenvalue weighted by Crippen LogP contribution is 2.12. The van der Waals surface area contributed by atoms with Crippen LogP contribution in [0.15, 0.2) is 0 Å². The normalized spacial score (nSPS) is 33.3. The van der Waals surface area contributed by atoms with Crippen LogP contribution in [0.3, 0.4) is 0 Å². The Labute approximate surface area is 67.1 Å². The Morgan fingerprint density at radius 3 is 3.18 bits per heavy atom. The molecule has 1 N–H and O–H groups in total. The van der Waals surface area contributed by atoms with Gasteiger partial charge in [-0.2, -0.15) is 0 Å². The second-order valence-electron chi connectivity index (χ2n) is 2.86. The van der Waals surface area contributed by atoms with E-state index >= 15 is 0 Å². The highest BCUT2D eigenvalue weighted by molar-refractivity contribution is 4.75. The molecule has 0 aliphatic carbocycles. The van der Waals surface area contributed by atoms with Crippen LogP contribution >= 0.6 is 0 Å². The third-order valence-electron chi connectivity index (χ3n) is 1.97. The van der Waals surface area contributed by atoms with Gasteiger partial charge in [0.05, 0.1) is 6.10 Å². The summed E-state index contributed by atoms with van der Waals surface area (Å²) in [5.41, 5.74) is 0. The Morgan fingerprint density at radius 1 is 1.64 bits per heavy atom. The Balaban J connectivity index is 2.32. The molecule has 0 aromatic carbocycles. The molecule has 1 aliphatic heterocycles. The fourth-order valence-corrected chi connectivity index (χ4v) is 1.38. The molecule has 2 unspecified atom stereocenters. The summed E-state index contributed by atoms with van der Waals surface area (Å²) in [5, 5.41) is 3.03. The van der Waals surface area contributed by atoms with Crippen LogP contribution in [0.1, 0.15) is 19.8 Å². The first-order valence-electron chi connectivity index (χ1n) is 4.31. The van der Waals surface area contributed by atoms with E-state index in [1.54, 1.807) is 0 Å². The summed E-state index contributed by atoms with van der Waals surface area (Å²) in [7, 11) is 0. The van der Waals surface area contributed by atoms with Crippen molar-refractivity contribution in [2.24, 2.45) is 0 Å². The van der Waals surface area contributed by atoms with Crippen LogP contribution in [0.2, 0.25) is 0 Å². The Kier molecular flexibility index (Phi) is 3.80. The molecule has 1 saturated heterocycles. The van der Waals surface area contributed by atoms with Crippen molar-refractivity contribution in [3.63, 3.8) is 0 Å². The van der Waals surface area contributed by atoms with E-state index in [9.17, 15) is 4.39 Å². The molecular formula is C8H16FNO. The van der Waals surface area contributed by atoms with Crippen molar-refractivity contribution in [3.05, 3.63) is 0 Å². The number of halogens is 1. The lowest BCUT2D eigenvalue weighted by Gasteiger charge is -2.17. The molecule has 1 fully saturated rings. The number of hydrogen-bond acceptors (Lipinski definition) is 2. The molecule has 3 heteroatoms. The zero-order chi connectivity index (χ0) is 8.10. The number of ether oxygens (including phenoxy) is 1. The molecule has 1 rings (SSSR count). The maximum Gasteiger partial charge on any atom is 0.138 e. The van der Waals surface area contributed by atoms with E-state index in [1.165, 1.54) is 0 Å². The van der Waals surface area contributed by atoms with Crippen LogP contribution in [-0.2, 0) is 4.74 Å². The lowest BCUT2D eigenvalue weighted by atomic mass is 10.1. The van der Waals surface area contributed by atoms with Gasteiger partial charge in [0.25, 0.3) is 0 Å². The average molecular weight is 161 g/mol. The molecule has 66 valence electrons. The predicted molar refractivity (Wildman–Crippen MR) is 42.4 cm³/mol. The summed E-state index contributed by atoms with van der Waals surface area (Å²) >= 11 is 0. The SMILES string of the molecule is CCOC1CCCNCC1F. The van der Waals surface area contributed by atoms with E-state index in [4.69, 9.17) is 4.74 Å². The summed E-state index contributed by atoms with van der Waals surface area (Å²) in [6.07, 6.45) is 0.875. The molecule has 0 aromatic heterocycles. The van der Waals surface area contributed by atoms with Crippen LogP contribution in [0.4, 0.5) is 4.39 Å². The van der Waals surface area contributed by atoms with Crippen molar-refractivity contribution >= 4 is 0 Å². The summed E-state index contributed by atoms with van der Waals surface area (Å²) in [5.74, 6) is 0. The molecule has 0 radical (unpaired) electrons. The summed E-state index contributed by atoms with van der Waals surface area (Å²) < 4.78 is 18.4. The van der Waals surface area contributed by atoms with Gasteiger partial charge in [0.1, 0.15) is 6.17 Å². The molecule has 2 nitrogen and oxygen atoms in total. The van der Waals surface area contributed by atoms with E-state index < -0.39 is 6.17 Å². The third-order valence-corrected chi connectivity index (χ3v) is 1.97. The van der Waals surface area contributed by atoms with Crippen LogP contribution in [-0.4, -0.2) is 32.0 Å². The van der Waals surface area contributed by atoms with E-state index in [0.29, 0.717) is 13.2 Å². The first-order chi connectivity index (χ1) is 5.34. The van der Waals surface area contributed by atoms with Gasteiger partial charge in [0.2, 0.25) is 0 Å². The minimum absolute atomic E-state index is 0.171. The second-order valence-corrected chi connectivity index (χ2v) is 2.86. The second kappa shape index (κ2) is 4.67. The first-order valence-corrected chi connectivity index (χ1v) is 4.31. The van der Waals surface area contributed by atoms with Gasteiger partial charge in [-0.15, -0.1) is 0 Å². The predicted octanol–water partition coefficient (Wildman–Crippen LogP) is 1.11. The standard InChI is InChI=1S/C8H16FNO/c1-2-11-8-4-3-5-10-6-7(8)9/h7-8,10H,2-6H2,1H3. The molecule has 0 spiro atoms. The van der Waals surface area contributed by atoms with Crippen molar-refractivity contribution in [1.29, 1.82) is 0 Å². The molecular weight excluding hydrogens is 145 g/mol. The van der Waals surface area contributed by atoms with Crippen molar-refractivity contribution < 1.29 is 9.13 Å². The van der Waals surface area contributed by atoms with Gasteiger partial charge in [-0.25, -0.2) is 4.39 Å². The van der Waals surface area contributed by atoms with Crippen LogP contribution < -0.4 is 5.32 Å². The maximum atomic E-state index is 13.1. The minimum atomic E-state index is -0.822. The van der Waals surface area contributed by atoms with Crippen molar-refractivity contribution in [2.75, 3.05) is 19.7 Å². The lowest BCUT2D eigenvalue weighted by Crippen LogP contribution is -2.31. The van der Waals surface area contributed by atoms with Gasteiger partial charge >= 0.3 is 0 Å². The van der Waals surface area contributed by atoms with Gasteiger partial charge < -0.3 is 10.1 Å². The molecule has 11 heavy (non-hydrogen) atoms. The fourth-order valence-electron chi connectivity index (χ4n) is 1.38. The molecule has 0 amide bonds. The van der Waals surface area contributed by atoms with Crippen molar-refractivity contribution in [2.45, 2.75) is 32.0 Å². The van der Waals surface area contributed by atoms with Gasteiger partial charge in [-0.05, 0) is 26.3 Å². The Bertz CT molecular complexity index is 110. The van der Waals surface area contributed by atoms with E-state index in [-0.39, 0.29) is 6.10 Å².